The van der Waals surface area contributed by atoms with Crippen LogP contribution in [0.1, 0.15) is 12.8 Å². The molecule has 1 unspecified atom stereocenters. The Bertz CT molecular complexity index is 363. The van der Waals surface area contributed by atoms with E-state index < -0.39 is 6.04 Å². The summed E-state index contributed by atoms with van der Waals surface area (Å²) in [5, 5.41) is 0. The van der Waals surface area contributed by atoms with E-state index in [0.717, 1.165) is 13.1 Å². The number of piperazine rings is 1. The molecule has 7 heteroatoms. The molecule has 2 aliphatic rings. The maximum Gasteiger partial charge on any atom is 0.241 e. The SMILES string of the molecule is COCC(N)C(=O)N1CCN(C(=O)CN2CCCC2)CC1. The van der Waals surface area contributed by atoms with Crippen LogP contribution in [0.4, 0.5) is 0 Å². The van der Waals surface area contributed by atoms with E-state index in [2.05, 4.69) is 4.90 Å². The number of likely N-dealkylation sites (tertiary alicyclic amines) is 1. The van der Waals surface area contributed by atoms with Gasteiger partial charge in [0, 0.05) is 33.3 Å². The van der Waals surface area contributed by atoms with Gasteiger partial charge in [-0.15, -0.1) is 0 Å². The fraction of sp³-hybridized carbons (Fsp3) is 0.857. The summed E-state index contributed by atoms with van der Waals surface area (Å²) >= 11 is 0. The highest BCUT2D eigenvalue weighted by molar-refractivity contribution is 5.82. The molecule has 2 N–H and O–H groups in total. The van der Waals surface area contributed by atoms with Crippen LogP contribution in [0.15, 0.2) is 0 Å². The van der Waals surface area contributed by atoms with E-state index in [0.29, 0.717) is 32.7 Å². The van der Waals surface area contributed by atoms with E-state index in [1.165, 1.54) is 20.0 Å². The quantitative estimate of drug-likeness (QED) is 0.684. The molecular formula is C14H26N4O3. The summed E-state index contributed by atoms with van der Waals surface area (Å²) in [6.45, 7) is 5.09. The van der Waals surface area contributed by atoms with Gasteiger partial charge in [0.2, 0.25) is 11.8 Å². The lowest BCUT2D eigenvalue weighted by Gasteiger charge is -2.36. The molecule has 1 atom stereocenters. The monoisotopic (exact) mass is 298 g/mol. The zero-order valence-electron chi connectivity index (χ0n) is 12.8. The number of hydrogen-bond donors (Lipinski definition) is 1. The minimum absolute atomic E-state index is 0.0940. The van der Waals surface area contributed by atoms with Gasteiger partial charge in [-0.25, -0.2) is 0 Å². The molecule has 2 amide bonds. The Kier molecular flexibility index (Phi) is 5.96. The molecule has 2 fully saturated rings. The van der Waals surface area contributed by atoms with Gasteiger partial charge in [0.05, 0.1) is 13.2 Å². The van der Waals surface area contributed by atoms with Crippen LogP contribution in [0, 0.1) is 0 Å². The van der Waals surface area contributed by atoms with Crippen molar-refractivity contribution in [1.82, 2.24) is 14.7 Å². The number of carbonyl (C=O) groups is 2. The van der Waals surface area contributed by atoms with Gasteiger partial charge >= 0.3 is 0 Å². The van der Waals surface area contributed by atoms with Crippen LogP contribution in [-0.4, -0.2) is 92.1 Å². The first-order chi connectivity index (χ1) is 10.1. The number of methoxy groups -OCH3 is 1. The molecule has 0 aromatic rings. The van der Waals surface area contributed by atoms with Gasteiger partial charge in [0.25, 0.3) is 0 Å². The number of hydrogen-bond acceptors (Lipinski definition) is 5. The molecule has 7 nitrogen and oxygen atoms in total. The van der Waals surface area contributed by atoms with Crippen LogP contribution in [0.3, 0.4) is 0 Å². The molecule has 0 spiro atoms. The maximum atomic E-state index is 12.2. The van der Waals surface area contributed by atoms with Crippen molar-refractivity contribution in [3.05, 3.63) is 0 Å². The molecule has 0 bridgehead atoms. The molecule has 2 aliphatic heterocycles. The van der Waals surface area contributed by atoms with Crippen LogP contribution in [0.25, 0.3) is 0 Å². The minimum atomic E-state index is -0.609. The number of nitrogens with zero attached hydrogens (tertiary/aromatic N) is 3. The molecule has 0 radical (unpaired) electrons. The Morgan fingerprint density at radius 1 is 1.05 bits per heavy atom. The lowest BCUT2D eigenvalue weighted by molar-refractivity contribution is -0.141. The van der Waals surface area contributed by atoms with Gasteiger partial charge in [-0.05, 0) is 25.9 Å². The zero-order valence-corrected chi connectivity index (χ0v) is 12.8. The van der Waals surface area contributed by atoms with Gasteiger partial charge in [-0.3, -0.25) is 14.5 Å². The van der Waals surface area contributed by atoms with Crippen molar-refractivity contribution in [3.8, 4) is 0 Å². The molecule has 120 valence electrons. The van der Waals surface area contributed by atoms with Gasteiger partial charge < -0.3 is 20.3 Å². The van der Waals surface area contributed by atoms with E-state index in [1.807, 2.05) is 4.90 Å². The Balaban J connectivity index is 1.74. The summed E-state index contributed by atoms with van der Waals surface area (Å²) in [6.07, 6.45) is 2.37. The fourth-order valence-corrected chi connectivity index (χ4v) is 2.89. The second-order valence-electron chi connectivity index (χ2n) is 5.75. The van der Waals surface area contributed by atoms with E-state index in [-0.39, 0.29) is 18.4 Å². The summed E-state index contributed by atoms with van der Waals surface area (Å²) in [5.41, 5.74) is 5.76. The van der Waals surface area contributed by atoms with Crippen molar-refractivity contribution >= 4 is 11.8 Å². The summed E-state index contributed by atoms with van der Waals surface area (Å²) in [4.78, 5) is 30.0. The van der Waals surface area contributed by atoms with Crippen molar-refractivity contribution < 1.29 is 14.3 Å². The number of rotatable bonds is 5. The maximum absolute atomic E-state index is 12.2. The summed E-state index contributed by atoms with van der Waals surface area (Å²) in [7, 11) is 1.53. The van der Waals surface area contributed by atoms with Crippen LogP contribution >= 0.6 is 0 Å². The number of carbonyl (C=O) groups excluding carboxylic acids is 2. The van der Waals surface area contributed by atoms with Crippen molar-refractivity contribution in [2.45, 2.75) is 18.9 Å². The van der Waals surface area contributed by atoms with Crippen LogP contribution in [0.2, 0.25) is 0 Å². The predicted molar refractivity (Wildman–Crippen MR) is 78.7 cm³/mol. The summed E-state index contributed by atoms with van der Waals surface area (Å²) in [6, 6.07) is -0.609. The normalized spacial score (nSPS) is 21.6. The lowest BCUT2D eigenvalue weighted by atomic mass is 10.2. The van der Waals surface area contributed by atoms with Gasteiger partial charge in [-0.1, -0.05) is 0 Å². The van der Waals surface area contributed by atoms with Crippen LogP contribution in [0.5, 0.6) is 0 Å². The molecule has 2 saturated heterocycles. The van der Waals surface area contributed by atoms with Gasteiger partial charge in [0.15, 0.2) is 0 Å². The van der Waals surface area contributed by atoms with Crippen LogP contribution < -0.4 is 5.73 Å². The molecule has 0 aromatic carbocycles. The van der Waals surface area contributed by atoms with E-state index >= 15 is 0 Å². The smallest absolute Gasteiger partial charge is 0.241 e. The minimum Gasteiger partial charge on any atom is -0.383 e. The number of amides is 2. The van der Waals surface area contributed by atoms with Crippen LogP contribution in [-0.2, 0) is 14.3 Å². The third kappa shape index (κ3) is 4.39. The second kappa shape index (κ2) is 7.72. The average molecular weight is 298 g/mol. The molecule has 21 heavy (non-hydrogen) atoms. The largest absolute Gasteiger partial charge is 0.383 e. The zero-order chi connectivity index (χ0) is 15.2. The van der Waals surface area contributed by atoms with E-state index in [1.54, 1.807) is 4.90 Å². The van der Waals surface area contributed by atoms with Gasteiger partial charge in [0.1, 0.15) is 6.04 Å². The second-order valence-corrected chi connectivity index (χ2v) is 5.75. The third-order valence-corrected chi connectivity index (χ3v) is 4.17. The highest BCUT2D eigenvalue weighted by atomic mass is 16.5. The fourth-order valence-electron chi connectivity index (χ4n) is 2.89. The average Bonchev–Trinajstić information content (AvgIpc) is 3.00. The molecule has 0 aromatic heterocycles. The molecule has 0 saturated carbocycles. The van der Waals surface area contributed by atoms with E-state index in [4.69, 9.17) is 10.5 Å². The van der Waals surface area contributed by atoms with E-state index in [9.17, 15) is 9.59 Å². The Morgan fingerprint density at radius 2 is 1.62 bits per heavy atom. The first-order valence-electron chi connectivity index (χ1n) is 7.65. The number of nitrogens with two attached hydrogens (primary N) is 1. The van der Waals surface area contributed by atoms with Crippen molar-refractivity contribution in [2.75, 3.05) is 59.5 Å². The first kappa shape index (κ1) is 16.2. The first-order valence-corrected chi connectivity index (χ1v) is 7.65. The third-order valence-electron chi connectivity index (χ3n) is 4.17. The standard InChI is InChI=1S/C14H26N4O3/c1-21-11-12(15)14(20)18-8-6-17(7-9-18)13(19)10-16-4-2-3-5-16/h12H,2-11,15H2,1H3. The van der Waals surface area contributed by atoms with Crippen molar-refractivity contribution in [3.63, 3.8) is 0 Å². The Labute approximate surface area is 126 Å². The molecule has 2 rings (SSSR count). The predicted octanol–water partition coefficient (Wildman–Crippen LogP) is -1.27. The molecule has 0 aliphatic carbocycles. The lowest BCUT2D eigenvalue weighted by Crippen LogP contribution is -2.56. The molecule has 2 heterocycles. The van der Waals surface area contributed by atoms with Gasteiger partial charge in [-0.2, -0.15) is 0 Å². The van der Waals surface area contributed by atoms with Crippen molar-refractivity contribution in [2.24, 2.45) is 5.73 Å². The molecular weight excluding hydrogens is 272 g/mol. The highest BCUT2D eigenvalue weighted by Crippen LogP contribution is 2.09. The van der Waals surface area contributed by atoms with Crippen molar-refractivity contribution in [1.29, 1.82) is 0 Å². The summed E-state index contributed by atoms with van der Waals surface area (Å²) in [5.74, 6) is 0.0775. The Morgan fingerprint density at radius 3 is 2.19 bits per heavy atom. The summed E-state index contributed by atoms with van der Waals surface area (Å²) < 4.78 is 4.91. The Hall–Kier alpha value is -1.18. The highest BCUT2D eigenvalue weighted by Gasteiger charge is 2.28. The topological polar surface area (TPSA) is 79.1 Å². The number of ether oxygens (including phenoxy) is 1.